The Bertz CT molecular complexity index is 579. The van der Waals surface area contributed by atoms with Crippen LogP contribution < -0.4 is 5.73 Å². The molecule has 0 aliphatic heterocycles. The molecular weight excluding hydrogens is 294 g/mol. The third-order valence-corrected chi connectivity index (χ3v) is 6.22. The van der Waals surface area contributed by atoms with Gasteiger partial charge in [-0.25, -0.2) is 0 Å². The van der Waals surface area contributed by atoms with E-state index in [9.17, 15) is 0 Å². The maximum Gasteiger partial charge on any atom is 0.0931 e. The van der Waals surface area contributed by atoms with Crippen LogP contribution in [-0.2, 0) is 12.8 Å². The number of rotatable bonds is 4. The molecule has 1 aliphatic carbocycles. The molecule has 2 N–H and O–H groups in total. The van der Waals surface area contributed by atoms with Crippen LogP contribution in [0.4, 0.5) is 0 Å². The molecule has 0 radical (unpaired) electrons. The van der Waals surface area contributed by atoms with Crippen molar-refractivity contribution in [1.82, 2.24) is 0 Å². The zero-order chi connectivity index (χ0) is 13.2. The topological polar surface area (TPSA) is 26.0 Å². The number of benzene rings is 1. The highest BCUT2D eigenvalue weighted by Gasteiger charge is 2.16. The summed E-state index contributed by atoms with van der Waals surface area (Å²) in [6, 6.07) is 10.9. The van der Waals surface area contributed by atoms with E-state index in [4.69, 9.17) is 17.3 Å². The molecule has 3 rings (SSSR count). The van der Waals surface area contributed by atoms with Crippen LogP contribution in [0.3, 0.4) is 0 Å². The zero-order valence-corrected chi connectivity index (χ0v) is 13.0. The number of thioether (sulfide) groups is 1. The van der Waals surface area contributed by atoms with E-state index < -0.39 is 0 Å². The van der Waals surface area contributed by atoms with E-state index in [1.807, 2.05) is 17.8 Å². The van der Waals surface area contributed by atoms with Crippen molar-refractivity contribution in [1.29, 1.82) is 0 Å². The maximum absolute atomic E-state index is 6.01. The molecule has 1 nitrogen and oxygen atoms in total. The molecule has 100 valence electrons. The standard InChI is InChI=1S/C15H16ClNS2/c16-15-7-6-13(19-15)14(9-17)18-12-5-4-10-2-1-3-11(10)8-12/h4-8,14H,1-3,9,17H2. The number of hydrogen-bond donors (Lipinski definition) is 1. The monoisotopic (exact) mass is 309 g/mol. The van der Waals surface area contributed by atoms with E-state index in [1.54, 1.807) is 11.3 Å². The Kier molecular flexibility index (Phi) is 4.18. The van der Waals surface area contributed by atoms with Crippen molar-refractivity contribution in [3.8, 4) is 0 Å². The van der Waals surface area contributed by atoms with Crippen molar-refractivity contribution < 1.29 is 0 Å². The summed E-state index contributed by atoms with van der Waals surface area (Å²) in [6.07, 6.45) is 3.76. The number of aryl methyl sites for hydroxylation is 2. The van der Waals surface area contributed by atoms with Crippen LogP contribution in [0.15, 0.2) is 35.2 Å². The Morgan fingerprint density at radius 1 is 1.21 bits per heavy atom. The molecule has 0 amide bonds. The first-order valence-electron chi connectivity index (χ1n) is 6.50. The molecule has 2 aromatic rings. The Balaban J connectivity index is 1.79. The normalized spacial score (nSPS) is 15.5. The summed E-state index contributed by atoms with van der Waals surface area (Å²) in [6.45, 7) is 0.637. The molecule has 4 heteroatoms. The Morgan fingerprint density at radius 2 is 2.05 bits per heavy atom. The van der Waals surface area contributed by atoms with Crippen molar-refractivity contribution in [2.45, 2.75) is 29.4 Å². The minimum Gasteiger partial charge on any atom is -0.329 e. The van der Waals surface area contributed by atoms with Gasteiger partial charge in [0.25, 0.3) is 0 Å². The predicted molar refractivity (Wildman–Crippen MR) is 85.4 cm³/mol. The zero-order valence-electron chi connectivity index (χ0n) is 10.6. The lowest BCUT2D eigenvalue weighted by molar-refractivity contribution is 0.911. The van der Waals surface area contributed by atoms with Crippen LogP contribution >= 0.6 is 34.7 Å². The smallest absolute Gasteiger partial charge is 0.0931 e. The van der Waals surface area contributed by atoms with E-state index in [0.29, 0.717) is 11.8 Å². The van der Waals surface area contributed by atoms with Gasteiger partial charge >= 0.3 is 0 Å². The molecule has 1 aromatic heterocycles. The Labute approximate surface area is 127 Å². The summed E-state index contributed by atoms with van der Waals surface area (Å²) in [5.41, 5.74) is 8.96. The van der Waals surface area contributed by atoms with Gasteiger partial charge in [0, 0.05) is 16.3 Å². The number of hydrogen-bond acceptors (Lipinski definition) is 3. The van der Waals surface area contributed by atoms with Gasteiger partial charge in [-0.05, 0) is 54.7 Å². The van der Waals surface area contributed by atoms with E-state index in [2.05, 4.69) is 24.3 Å². The van der Waals surface area contributed by atoms with E-state index in [0.717, 1.165) is 4.34 Å². The van der Waals surface area contributed by atoms with Gasteiger partial charge in [-0.3, -0.25) is 0 Å². The first-order valence-corrected chi connectivity index (χ1v) is 8.57. The summed E-state index contributed by atoms with van der Waals surface area (Å²) in [7, 11) is 0. The number of fused-ring (bicyclic) bond motifs is 1. The summed E-state index contributed by atoms with van der Waals surface area (Å²) in [5, 5.41) is 0.303. The Morgan fingerprint density at radius 3 is 2.79 bits per heavy atom. The molecule has 0 saturated heterocycles. The molecule has 1 aromatic carbocycles. The van der Waals surface area contributed by atoms with Crippen LogP contribution in [0.2, 0.25) is 4.34 Å². The highest BCUT2D eigenvalue weighted by atomic mass is 35.5. The van der Waals surface area contributed by atoms with Gasteiger partial charge in [0.05, 0.1) is 9.59 Å². The third-order valence-electron chi connectivity index (χ3n) is 3.47. The molecule has 0 fully saturated rings. The van der Waals surface area contributed by atoms with Crippen molar-refractivity contribution in [3.05, 3.63) is 50.7 Å². The largest absolute Gasteiger partial charge is 0.329 e. The van der Waals surface area contributed by atoms with Crippen LogP contribution in [-0.4, -0.2) is 6.54 Å². The van der Waals surface area contributed by atoms with Gasteiger partial charge in [0.1, 0.15) is 0 Å². The van der Waals surface area contributed by atoms with Crippen LogP contribution in [0.5, 0.6) is 0 Å². The second kappa shape index (κ2) is 5.88. The quantitative estimate of drug-likeness (QED) is 0.830. The van der Waals surface area contributed by atoms with E-state index in [1.165, 1.54) is 40.2 Å². The van der Waals surface area contributed by atoms with Gasteiger partial charge < -0.3 is 5.73 Å². The molecular formula is C15H16ClNS2. The van der Waals surface area contributed by atoms with Gasteiger partial charge in [-0.1, -0.05) is 17.7 Å². The summed E-state index contributed by atoms with van der Waals surface area (Å²) in [5.74, 6) is 0. The second-order valence-corrected chi connectivity index (χ2v) is 7.79. The first-order chi connectivity index (χ1) is 9.26. The molecule has 19 heavy (non-hydrogen) atoms. The second-order valence-electron chi connectivity index (χ2n) is 4.77. The fraction of sp³-hybridized carbons (Fsp3) is 0.333. The van der Waals surface area contributed by atoms with Gasteiger partial charge in [-0.2, -0.15) is 0 Å². The summed E-state index contributed by atoms with van der Waals surface area (Å²) < 4.78 is 0.836. The lowest BCUT2D eigenvalue weighted by atomic mass is 10.1. The van der Waals surface area contributed by atoms with Crippen LogP contribution in [0, 0.1) is 0 Å². The summed E-state index contributed by atoms with van der Waals surface area (Å²) >= 11 is 9.49. The fourth-order valence-corrected chi connectivity index (χ4v) is 4.83. The van der Waals surface area contributed by atoms with Crippen molar-refractivity contribution >= 4 is 34.7 Å². The summed E-state index contributed by atoms with van der Waals surface area (Å²) in [4.78, 5) is 2.58. The van der Waals surface area contributed by atoms with Gasteiger partial charge in [0.2, 0.25) is 0 Å². The highest BCUT2D eigenvalue weighted by molar-refractivity contribution is 7.99. The first kappa shape index (κ1) is 13.5. The lowest BCUT2D eigenvalue weighted by Gasteiger charge is -2.13. The number of thiophene rings is 1. The van der Waals surface area contributed by atoms with Crippen molar-refractivity contribution in [3.63, 3.8) is 0 Å². The molecule has 1 aliphatic rings. The fourth-order valence-electron chi connectivity index (χ4n) is 2.51. The lowest BCUT2D eigenvalue weighted by Crippen LogP contribution is -2.07. The molecule has 0 spiro atoms. The van der Waals surface area contributed by atoms with Crippen molar-refractivity contribution in [2.24, 2.45) is 5.73 Å². The van der Waals surface area contributed by atoms with Crippen LogP contribution in [0.25, 0.3) is 0 Å². The predicted octanol–water partition coefficient (Wildman–Crippen LogP) is 4.68. The highest BCUT2D eigenvalue weighted by Crippen LogP contribution is 2.40. The van der Waals surface area contributed by atoms with Crippen LogP contribution in [0.1, 0.15) is 27.7 Å². The van der Waals surface area contributed by atoms with Crippen molar-refractivity contribution in [2.75, 3.05) is 6.54 Å². The van der Waals surface area contributed by atoms with Gasteiger partial charge in [0.15, 0.2) is 0 Å². The molecule has 1 unspecified atom stereocenters. The van der Waals surface area contributed by atoms with E-state index >= 15 is 0 Å². The molecule has 0 bridgehead atoms. The minimum atomic E-state index is 0.303. The maximum atomic E-state index is 6.01. The third kappa shape index (κ3) is 3.00. The van der Waals surface area contributed by atoms with Gasteiger partial charge in [-0.15, -0.1) is 23.1 Å². The number of halogens is 1. The average Bonchev–Trinajstić information content (AvgIpc) is 3.04. The molecule has 1 atom stereocenters. The van der Waals surface area contributed by atoms with E-state index in [-0.39, 0.29) is 0 Å². The molecule has 1 heterocycles. The number of nitrogens with two attached hydrogens (primary N) is 1. The molecule has 0 saturated carbocycles. The Hall–Kier alpha value is -0.480. The SMILES string of the molecule is NCC(Sc1ccc2c(c1)CCC2)c1ccc(Cl)s1. The average molecular weight is 310 g/mol. The minimum absolute atomic E-state index is 0.303.